The summed E-state index contributed by atoms with van der Waals surface area (Å²) in [7, 11) is 0. The largest absolute Gasteiger partial charge is 0.462 e. The summed E-state index contributed by atoms with van der Waals surface area (Å²) in [5.41, 5.74) is 0. The van der Waals surface area contributed by atoms with E-state index in [4.69, 9.17) is 5.11 Å². The summed E-state index contributed by atoms with van der Waals surface area (Å²) < 4.78 is 0. The monoisotopic (exact) mass is 82.0 g/mol. The molecule has 0 aromatic rings. The molecule has 1 nitrogen and oxygen atoms in total. The van der Waals surface area contributed by atoms with E-state index in [2.05, 4.69) is 5.92 Å². The molecular formula is C5H6O. The molecule has 0 bridgehead atoms. The molecule has 0 spiro atoms. The molecule has 0 heterocycles. The number of aliphatic hydroxyl groups excluding tert-OH is 1. The van der Waals surface area contributed by atoms with Gasteiger partial charge in [-0.15, -0.1) is 0 Å². The summed E-state index contributed by atoms with van der Waals surface area (Å²) in [5, 5.41) is 7.78. The average Bonchev–Trinajstić information content (AvgIpc) is 1.61. The molecule has 0 aromatic heterocycles. The van der Waals surface area contributed by atoms with Gasteiger partial charge in [0.25, 0.3) is 0 Å². The molecule has 6 heavy (non-hydrogen) atoms. The summed E-state index contributed by atoms with van der Waals surface area (Å²) >= 11 is 0. The Hall–Kier alpha value is -0.900. The Morgan fingerprint density at radius 2 is 2.33 bits per heavy atom. The lowest BCUT2D eigenvalue weighted by Crippen LogP contribution is -1.46. The Morgan fingerprint density at radius 3 is 2.50 bits per heavy atom. The van der Waals surface area contributed by atoms with Gasteiger partial charge < -0.3 is 5.11 Å². The quantitative estimate of drug-likeness (QED) is 0.430. The van der Waals surface area contributed by atoms with Gasteiger partial charge in [0.2, 0.25) is 0 Å². The maximum atomic E-state index is 7.78. The van der Waals surface area contributed by atoms with Crippen LogP contribution in [0.5, 0.6) is 0 Å². The Bertz CT molecular complexity index is 92.2. The lowest BCUT2D eigenvalue weighted by Gasteiger charge is -1.55. The Kier molecular flexibility index (Phi) is 3.48. The van der Waals surface area contributed by atoms with Crippen molar-refractivity contribution in [3.63, 3.8) is 0 Å². The normalized spacial score (nSPS) is 7.50. The zero-order valence-corrected chi connectivity index (χ0v) is 3.60. The van der Waals surface area contributed by atoms with Crippen molar-refractivity contribution in [2.24, 2.45) is 0 Å². The number of hydrogen-bond acceptors (Lipinski definition) is 1. The zero-order chi connectivity index (χ0) is 4.83. The van der Waals surface area contributed by atoms with Crippen molar-refractivity contribution in [1.82, 2.24) is 0 Å². The molecule has 0 aliphatic rings. The minimum Gasteiger partial charge on any atom is -0.462 e. The van der Waals surface area contributed by atoms with Gasteiger partial charge in [0.15, 0.2) is 0 Å². The lowest BCUT2D eigenvalue weighted by atomic mass is 10.5. The van der Waals surface area contributed by atoms with Crippen LogP contribution in [0, 0.1) is 12.0 Å². The smallest absolute Gasteiger partial charge is 0.112 e. The number of rotatable bonds is 0. The zero-order valence-electron chi connectivity index (χ0n) is 3.60. The molecule has 1 N–H and O–H groups in total. The SMILES string of the molecule is CC=CC#CO. The van der Waals surface area contributed by atoms with Crippen molar-refractivity contribution in [1.29, 1.82) is 0 Å². The second kappa shape index (κ2) is 4.10. The molecule has 1 heteroatoms. The highest BCUT2D eigenvalue weighted by Crippen LogP contribution is 1.60. The first kappa shape index (κ1) is 5.10. The van der Waals surface area contributed by atoms with Gasteiger partial charge >= 0.3 is 0 Å². The summed E-state index contributed by atoms with van der Waals surface area (Å²) in [6.07, 6.45) is 5.05. The van der Waals surface area contributed by atoms with Crippen molar-refractivity contribution in [3.05, 3.63) is 12.2 Å². The van der Waals surface area contributed by atoms with Crippen molar-refractivity contribution in [3.8, 4) is 12.0 Å². The highest BCUT2D eigenvalue weighted by molar-refractivity contribution is 5.09. The summed E-state index contributed by atoms with van der Waals surface area (Å²) in [4.78, 5) is 0. The standard InChI is InChI=1S/C5H6O/c1-2-3-4-5-6/h2-3,6H,1H3. The van der Waals surface area contributed by atoms with Gasteiger partial charge in [-0.05, 0) is 18.9 Å². The average molecular weight is 82.1 g/mol. The second-order valence-electron chi connectivity index (χ2n) is 0.756. The van der Waals surface area contributed by atoms with Crippen molar-refractivity contribution in [2.45, 2.75) is 6.92 Å². The highest BCUT2D eigenvalue weighted by atomic mass is 16.2. The molecule has 32 valence electrons. The van der Waals surface area contributed by atoms with Crippen LogP contribution in [0.3, 0.4) is 0 Å². The second-order valence-corrected chi connectivity index (χ2v) is 0.756. The molecule has 0 aliphatic carbocycles. The van der Waals surface area contributed by atoms with E-state index in [-0.39, 0.29) is 0 Å². The lowest BCUT2D eigenvalue weighted by molar-refractivity contribution is 0.517. The van der Waals surface area contributed by atoms with Crippen LogP contribution in [0.1, 0.15) is 6.92 Å². The predicted molar refractivity (Wildman–Crippen MR) is 24.5 cm³/mol. The van der Waals surface area contributed by atoms with E-state index in [1.807, 2.05) is 6.92 Å². The molecule has 0 saturated heterocycles. The van der Waals surface area contributed by atoms with Crippen LogP contribution in [0.2, 0.25) is 0 Å². The van der Waals surface area contributed by atoms with Crippen LogP contribution in [0.25, 0.3) is 0 Å². The highest BCUT2D eigenvalue weighted by Gasteiger charge is 1.47. The molecule has 0 unspecified atom stereocenters. The van der Waals surface area contributed by atoms with E-state index in [0.29, 0.717) is 0 Å². The van der Waals surface area contributed by atoms with Crippen molar-refractivity contribution < 1.29 is 5.11 Å². The molecule has 0 fully saturated rings. The van der Waals surface area contributed by atoms with Crippen LogP contribution >= 0.6 is 0 Å². The Morgan fingerprint density at radius 1 is 1.67 bits per heavy atom. The maximum Gasteiger partial charge on any atom is 0.112 e. The fraction of sp³-hybridized carbons (Fsp3) is 0.200. The Labute approximate surface area is 37.3 Å². The van der Waals surface area contributed by atoms with Gasteiger partial charge in [-0.2, -0.15) is 0 Å². The molecule has 0 amide bonds. The van der Waals surface area contributed by atoms with Crippen LogP contribution < -0.4 is 0 Å². The third-order valence-electron chi connectivity index (χ3n) is 0.315. The Balaban J connectivity index is 3.24. The van der Waals surface area contributed by atoms with Crippen LogP contribution in [-0.2, 0) is 0 Å². The van der Waals surface area contributed by atoms with E-state index < -0.39 is 0 Å². The maximum absolute atomic E-state index is 7.78. The molecular weight excluding hydrogens is 76.1 g/mol. The minimum absolute atomic E-state index is 1.57. The van der Waals surface area contributed by atoms with Gasteiger partial charge in [0.05, 0.1) is 0 Å². The molecule has 0 atom stereocenters. The van der Waals surface area contributed by atoms with E-state index in [1.165, 1.54) is 0 Å². The van der Waals surface area contributed by atoms with Crippen LogP contribution in [-0.4, -0.2) is 5.11 Å². The molecule has 0 rings (SSSR count). The fourth-order valence-electron chi connectivity index (χ4n) is 0.121. The number of allylic oxidation sites excluding steroid dienone is 2. The summed E-state index contributed by atoms with van der Waals surface area (Å²) in [5.74, 6) is 2.32. The van der Waals surface area contributed by atoms with Gasteiger partial charge in [-0.1, -0.05) is 6.08 Å². The third kappa shape index (κ3) is 3.10. The first-order valence-electron chi connectivity index (χ1n) is 1.67. The van der Waals surface area contributed by atoms with Crippen LogP contribution in [0.4, 0.5) is 0 Å². The topological polar surface area (TPSA) is 20.2 Å². The molecule has 0 saturated carbocycles. The van der Waals surface area contributed by atoms with Gasteiger partial charge in [0, 0.05) is 0 Å². The molecule has 0 radical (unpaired) electrons. The first-order valence-corrected chi connectivity index (χ1v) is 1.67. The molecule has 0 aromatic carbocycles. The third-order valence-corrected chi connectivity index (χ3v) is 0.315. The first-order chi connectivity index (χ1) is 2.91. The van der Waals surface area contributed by atoms with Crippen LogP contribution in [0.15, 0.2) is 12.2 Å². The predicted octanol–water partition coefficient (Wildman–Crippen LogP) is 0.896. The van der Waals surface area contributed by atoms with E-state index in [0.717, 1.165) is 0 Å². The number of hydrogen-bond donors (Lipinski definition) is 1. The van der Waals surface area contributed by atoms with E-state index >= 15 is 0 Å². The minimum atomic E-state index is 1.57. The van der Waals surface area contributed by atoms with E-state index in [9.17, 15) is 0 Å². The van der Waals surface area contributed by atoms with Gasteiger partial charge in [-0.25, -0.2) is 0 Å². The fourth-order valence-corrected chi connectivity index (χ4v) is 0.121. The summed E-state index contributed by atoms with van der Waals surface area (Å²) in [6, 6.07) is 0. The van der Waals surface area contributed by atoms with Gasteiger partial charge in [-0.3, -0.25) is 0 Å². The van der Waals surface area contributed by atoms with E-state index in [1.54, 1.807) is 18.3 Å². The van der Waals surface area contributed by atoms with Gasteiger partial charge in [0.1, 0.15) is 6.11 Å². The van der Waals surface area contributed by atoms with Crippen molar-refractivity contribution in [2.75, 3.05) is 0 Å². The number of aliphatic hydroxyl groups is 1. The molecule has 0 aliphatic heterocycles. The summed E-state index contributed by atoms with van der Waals surface area (Å²) in [6.45, 7) is 1.84. The van der Waals surface area contributed by atoms with Crippen molar-refractivity contribution >= 4 is 0 Å².